The minimum Gasteiger partial charge on any atom is -0.457 e. The Morgan fingerprint density at radius 3 is 1.94 bits per heavy atom. The van der Waals surface area contributed by atoms with Gasteiger partial charge in [-0.1, -0.05) is 45.0 Å². The molecule has 3 aliphatic rings. The molecule has 0 radical (unpaired) electrons. The first-order valence-electron chi connectivity index (χ1n) is 21.2. The van der Waals surface area contributed by atoms with E-state index in [9.17, 15) is 25.9 Å². The Morgan fingerprint density at radius 2 is 1.34 bits per heavy atom. The summed E-state index contributed by atoms with van der Waals surface area (Å²) in [7, 11) is 4.11. The topological polar surface area (TPSA) is 133 Å². The molecule has 2 N–H and O–H groups in total. The zero-order valence-electron chi connectivity index (χ0n) is 38.2. The third-order valence-corrected chi connectivity index (χ3v) is 13.8. The molecule has 334 valence electrons. The van der Waals surface area contributed by atoms with Gasteiger partial charge in [-0.3, -0.25) is 9.11 Å². The Hall–Kier alpha value is -4.57. The molecule has 0 spiro atoms. The number of rotatable bonds is 15. The highest BCUT2D eigenvalue weighted by molar-refractivity contribution is 7.86. The maximum atomic E-state index is 12.3. The summed E-state index contributed by atoms with van der Waals surface area (Å²) < 4.78 is 85.6. The first-order valence-corrected chi connectivity index (χ1v) is 24.1. The number of aryl methyl sites for hydroxylation is 1. The maximum Gasteiger partial charge on any atom is 0.294 e. The summed E-state index contributed by atoms with van der Waals surface area (Å²) in [5.74, 6) is 1.20. The van der Waals surface area contributed by atoms with E-state index in [1.807, 2.05) is 12.2 Å². The van der Waals surface area contributed by atoms with Crippen LogP contribution in [0.4, 0.5) is 11.4 Å². The molecule has 62 heavy (non-hydrogen) atoms. The molecule has 3 aromatic rings. The lowest BCUT2D eigenvalue weighted by Crippen LogP contribution is -2.37. The number of quaternary nitrogens is 2. The quantitative estimate of drug-likeness (QED) is 0.0890. The van der Waals surface area contributed by atoms with Gasteiger partial charge in [-0.15, -0.1) is 0 Å². The second-order valence-corrected chi connectivity index (χ2v) is 22.4. The van der Waals surface area contributed by atoms with Crippen molar-refractivity contribution < 1.29 is 49.0 Å². The zero-order valence-corrected chi connectivity index (χ0v) is 39.8. The molecule has 0 amide bonds. The Labute approximate surface area is 369 Å². The number of hydrogen-bond acceptors (Lipinski definition) is 7. The first-order chi connectivity index (χ1) is 28.7. The molecular formula is C48H65N4O8S2+3. The molecule has 3 aromatic carbocycles. The molecule has 14 heteroatoms. The molecule has 3 aliphatic heterocycles. The average molecular weight is 890 g/mol. The van der Waals surface area contributed by atoms with Crippen LogP contribution in [0.5, 0.6) is 0 Å². The smallest absolute Gasteiger partial charge is 0.294 e. The Bertz CT molecular complexity index is 2610. The van der Waals surface area contributed by atoms with E-state index in [1.165, 1.54) is 17.7 Å². The monoisotopic (exact) mass is 889 g/mol. The lowest BCUT2D eigenvalue weighted by atomic mass is 9.81. The molecular weight excluding hydrogens is 825 g/mol. The van der Waals surface area contributed by atoms with Gasteiger partial charge in [0.2, 0.25) is 12.5 Å². The summed E-state index contributed by atoms with van der Waals surface area (Å²) >= 11 is 0. The largest absolute Gasteiger partial charge is 0.457 e. The standard InChI is InChI=1S/C48H63N4O8S2/c1-12-34-15-17-35(18-16-34)46-42(23-25-44-47(2,3)38-31-36(61(53,54)55)19-21-40(38)49(44)27-13-29-51(6,7)8)59-33-60-43(46)24-26-45-48(4,5)39-32-37(62(56,57)58)20-22-41(39)50(45)28-14-30-52(9,10)11/h15-26,31-32H,12-14,27-30,33H2,1-11H3/q+1/p+2. The minimum absolute atomic E-state index is 0.0380. The van der Waals surface area contributed by atoms with Crippen molar-refractivity contribution >= 4 is 42.9 Å². The fourth-order valence-corrected chi connectivity index (χ4v) is 9.72. The highest BCUT2D eigenvalue weighted by atomic mass is 32.2. The predicted molar refractivity (Wildman–Crippen MR) is 246 cm³/mol. The van der Waals surface area contributed by atoms with Crippen LogP contribution in [-0.4, -0.2) is 120 Å². The molecule has 0 saturated carbocycles. The zero-order chi connectivity index (χ0) is 45.6. The summed E-state index contributed by atoms with van der Waals surface area (Å²) in [6.07, 6.45) is 10.7. The van der Waals surface area contributed by atoms with Gasteiger partial charge >= 0.3 is 0 Å². The number of allylic oxidation sites excluding steroid dienone is 6. The van der Waals surface area contributed by atoms with Crippen LogP contribution in [0.25, 0.3) is 5.57 Å². The van der Waals surface area contributed by atoms with Crippen molar-refractivity contribution in [1.82, 2.24) is 0 Å². The molecule has 0 unspecified atom stereocenters. The number of nitrogens with zero attached hydrogens (tertiary/aromatic N) is 4. The number of anilines is 1. The van der Waals surface area contributed by atoms with Crippen LogP contribution in [-0.2, 0) is 47.0 Å². The molecule has 0 atom stereocenters. The average Bonchev–Trinajstić information content (AvgIpc) is 3.51. The second kappa shape index (κ2) is 17.2. The van der Waals surface area contributed by atoms with E-state index in [0.29, 0.717) is 24.6 Å². The van der Waals surface area contributed by atoms with Crippen LogP contribution >= 0.6 is 0 Å². The summed E-state index contributed by atoms with van der Waals surface area (Å²) in [5.41, 5.74) is 6.88. The SMILES string of the molecule is CCc1ccc(C2=C(/C=C/C3=[N+](CCC[N+](C)(C)C)c4ccc(S(=O)(=O)O)cc4C3(C)C)OCO/C2=C\C=C2\N(CCC[N+](C)(C)C)c3ccc(S(=O)(=O)O)cc3C2(C)C)cc1. The van der Waals surface area contributed by atoms with Gasteiger partial charge in [0.05, 0.1) is 82.6 Å². The lowest BCUT2D eigenvalue weighted by molar-refractivity contribution is -0.871. The molecule has 12 nitrogen and oxygen atoms in total. The molecule has 0 bridgehead atoms. The van der Waals surface area contributed by atoms with Crippen LogP contribution in [0.2, 0.25) is 0 Å². The Morgan fingerprint density at radius 1 is 0.742 bits per heavy atom. The van der Waals surface area contributed by atoms with Crippen molar-refractivity contribution in [1.29, 1.82) is 0 Å². The van der Waals surface area contributed by atoms with E-state index >= 15 is 0 Å². The molecule has 0 fully saturated rings. The highest BCUT2D eigenvalue weighted by Gasteiger charge is 2.45. The summed E-state index contributed by atoms with van der Waals surface area (Å²) in [5, 5.41) is 0. The van der Waals surface area contributed by atoms with Gasteiger partial charge in [-0.25, -0.2) is 0 Å². The van der Waals surface area contributed by atoms with Gasteiger partial charge in [0, 0.05) is 47.5 Å². The molecule has 6 rings (SSSR count). The van der Waals surface area contributed by atoms with E-state index in [-0.39, 0.29) is 16.6 Å². The first kappa shape index (κ1) is 46.9. The van der Waals surface area contributed by atoms with Gasteiger partial charge in [-0.2, -0.15) is 21.4 Å². The van der Waals surface area contributed by atoms with Gasteiger partial charge in [-0.05, 0) is 85.5 Å². The normalized spacial score (nSPS) is 19.1. The van der Waals surface area contributed by atoms with Crippen LogP contribution in [0.3, 0.4) is 0 Å². The summed E-state index contributed by atoms with van der Waals surface area (Å²) in [6.45, 7) is 13.6. The van der Waals surface area contributed by atoms with Gasteiger partial charge in [0.15, 0.2) is 12.3 Å². The summed E-state index contributed by atoms with van der Waals surface area (Å²) in [4.78, 5) is 1.96. The van der Waals surface area contributed by atoms with Crippen molar-refractivity contribution in [3.05, 3.63) is 124 Å². The van der Waals surface area contributed by atoms with E-state index in [0.717, 1.165) is 86.4 Å². The van der Waals surface area contributed by atoms with Crippen molar-refractivity contribution in [3.8, 4) is 0 Å². The number of ether oxygens (including phenoxy) is 2. The third-order valence-electron chi connectivity index (χ3n) is 12.1. The van der Waals surface area contributed by atoms with Crippen molar-refractivity contribution in [2.24, 2.45) is 0 Å². The highest BCUT2D eigenvalue weighted by Crippen LogP contribution is 2.49. The number of benzene rings is 3. The van der Waals surface area contributed by atoms with Crippen molar-refractivity contribution in [3.63, 3.8) is 0 Å². The summed E-state index contributed by atoms with van der Waals surface area (Å²) in [6, 6.07) is 18.0. The van der Waals surface area contributed by atoms with Crippen LogP contribution in [0.1, 0.15) is 69.7 Å². The van der Waals surface area contributed by atoms with E-state index < -0.39 is 31.1 Å². The van der Waals surface area contributed by atoms with Gasteiger partial charge < -0.3 is 23.3 Å². The third kappa shape index (κ3) is 10.1. The predicted octanol–water partition coefficient (Wildman–Crippen LogP) is 7.85. The van der Waals surface area contributed by atoms with Crippen LogP contribution in [0.15, 0.2) is 112 Å². The van der Waals surface area contributed by atoms with Crippen molar-refractivity contribution in [2.45, 2.75) is 74.5 Å². The maximum absolute atomic E-state index is 12.3. The second-order valence-electron chi connectivity index (χ2n) is 19.6. The molecule has 3 heterocycles. The minimum atomic E-state index is -4.42. The fraction of sp³-hybridized carbons (Fsp3) is 0.438. The number of fused-ring (bicyclic) bond motifs is 2. The van der Waals surface area contributed by atoms with Gasteiger partial charge in [0.25, 0.3) is 20.2 Å². The Balaban J connectivity index is 1.49. The molecule has 0 aliphatic carbocycles. The number of hydrogen-bond donors (Lipinski definition) is 2. The Kier molecular flexibility index (Phi) is 13.0. The van der Waals surface area contributed by atoms with Gasteiger partial charge in [0.1, 0.15) is 11.5 Å². The lowest BCUT2D eigenvalue weighted by Gasteiger charge is -2.29. The van der Waals surface area contributed by atoms with Crippen molar-refractivity contribution in [2.75, 3.05) is 80.2 Å². The molecule has 0 saturated heterocycles. The fourth-order valence-electron chi connectivity index (χ4n) is 8.70. The van der Waals surface area contributed by atoms with E-state index in [4.69, 9.17) is 9.47 Å². The van der Waals surface area contributed by atoms with Crippen LogP contribution in [0, 0.1) is 0 Å². The van der Waals surface area contributed by atoms with E-state index in [2.05, 4.69) is 123 Å². The van der Waals surface area contributed by atoms with E-state index in [1.54, 1.807) is 24.3 Å². The van der Waals surface area contributed by atoms with Crippen LogP contribution < -0.4 is 4.90 Å². The molecule has 0 aromatic heterocycles.